The fraction of sp³-hybridized carbons (Fsp3) is 0.125. The number of amides is 2. The van der Waals surface area contributed by atoms with Crippen LogP contribution in [-0.2, 0) is 0 Å². The van der Waals surface area contributed by atoms with Crippen LogP contribution in [0.2, 0.25) is 0 Å². The van der Waals surface area contributed by atoms with Crippen molar-refractivity contribution >= 4 is 27.7 Å². The van der Waals surface area contributed by atoms with Crippen molar-refractivity contribution in [3.05, 3.63) is 68.9 Å². The lowest BCUT2D eigenvalue weighted by molar-refractivity contribution is 0.0844. The van der Waals surface area contributed by atoms with Gasteiger partial charge in [0.15, 0.2) is 0 Å². The van der Waals surface area contributed by atoms with Gasteiger partial charge in [0.25, 0.3) is 11.8 Å². The lowest BCUT2D eigenvalue weighted by Gasteiger charge is -2.10. The minimum Gasteiger partial charge on any atom is -0.267 e. The molecule has 0 saturated heterocycles. The van der Waals surface area contributed by atoms with Crippen molar-refractivity contribution in [2.24, 2.45) is 0 Å². The first-order valence-electron chi connectivity index (χ1n) is 6.51. The molecule has 0 saturated carbocycles. The Kier molecular flexibility index (Phi) is 4.92. The summed E-state index contributed by atoms with van der Waals surface area (Å²) in [4.78, 5) is 23.9. The summed E-state index contributed by atoms with van der Waals surface area (Å²) in [7, 11) is 0. The van der Waals surface area contributed by atoms with Gasteiger partial charge in [-0.15, -0.1) is 0 Å². The molecule has 0 spiro atoms. The molecular formula is C16H14BrFN2O2. The van der Waals surface area contributed by atoms with Crippen LogP contribution in [0.4, 0.5) is 4.39 Å². The Balaban J connectivity index is 2.07. The molecule has 0 atom stereocenters. The van der Waals surface area contributed by atoms with Gasteiger partial charge in [0.05, 0.1) is 5.56 Å². The minimum atomic E-state index is -0.725. The monoisotopic (exact) mass is 364 g/mol. The van der Waals surface area contributed by atoms with Crippen molar-refractivity contribution in [1.82, 2.24) is 10.9 Å². The van der Waals surface area contributed by atoms with Gasteiger partial charge in [0.2, 0.25) is 0 Å². The Morgan fingerprint density at radius 3 is 2.23 bits per heavy atom. The molecule has 0 aliphatic rings. The van der Waals surface area contributed by atoms with Crippen LogP contribution in [0.5, 0.6) is 0 Å². The largest absolute Gasteiger partial charge is 0.272 e. The summed E-state index contributed by atoms with van der Waals surface area (Å²) in [5, 5.41) is 0. The van der Waals surface area contributed by atoms with Crippen LogP contribution in [0.25, 0.3) is 0 Å². The molecule has 0 aliphatic carbocycles. The molecule has 2 aromatic carbocycles. The second-order valence-electron chi connectivity index (χ2n) is 4.85. The Bertz CT molecular complexity index is 747. The van der Waals surface area contributed by atoms with E-state index in [9.17, 15) is 14.0 Å². The summed E-state index contributed by atoms with van der Waals surface area (Å²) < 4.78 is 14.2. The van der Waals surface area contributed by atoms with Gasteiger partial charge >= 0.3 is 0 Å². The molecule has 0 unspecified atom stereocenters. The van der Waals surface area contributed by atoms with Gasteiger partial charge in [-0.1, -0.05) is 33.6 Å². The van der Waals surface area contributed by atoms with Crippen molar-refractivity contribution in [2.45, 2.75) is 13.8 Å². The molecule has 0 bridgehead atoms. The molecule has 6 heteroatoms. The molecule has 2 N–H and O–H groups in total. The van der Waals surface area contributed by atoms with Gasteiger partial charge in [0, 0.05) is 10.0 Å². The summed E-state index contributed by atoms with van der Waals surface area (Å²) in [6, 6.07) is 9.34. The average Bonchev–Trinajstić information content (AvgIpc) is 2.47. The van der Waals surface area contributed by atoms with Gasteiger partial charge in [0.1, 0.15) is 5.82 Å². The molecule has 0 aromatic heterocycles. The number of carbonyl (C=O) groups is 2. The van der Waals surface area contributed by atoms with Crippen molar-refractivity contribution in [3.8, 4) is 0 Å². The first-order valence-corrected chi connectivity index (χ1v) is 7.31. The van der Waals surface area contributed by atoms with E-state index < -0.39 is 17.6 Å². The molecular weight excluding hydrogens is 351 g/mol. The molecule has 114 valence electrons. The first kappa shape index (κ1) is 16.2. The van der Waals surface area contributed by atoms with Crippen LogP contribution < -0.4 is 10.9 Å². The second-order valence-corrected chi connectivity index (χ2v) is 5.77. The Morgan fingerprint density at radius 1 is 0.955 bits per heavy atom. The summed E-state index contributed by atoms with van der Waals surface area (Å²) in [6.45, 7) is 3.73. The maximum absolute atomic E-state index is 13.6. The SMILES string of the molecule is Cc1ccc(C(=O)NNC(=O)c2cc(Br)ccc2F)c(C)c1. The highest BCUT2D eigenvalue weighted by Crippen LogP contribution is 2.15. The number of halogens is 2. The zero-order valence-electron chi connectivity index (χ0n) is 12.0. The molecule has 0 heterocycles. The summed E-state index contributed by atoms with van der Waals surface area (Å²) in [5.74, 6) is -1.85. The van der Waals surface area contributed by atoms with Crippen molar-refractivity contribution < 1.29 is 14.0 Å². The molecule has 2 aromatic rings. The summed E-state index contributed by atoms with van der Waals surface area (Å²) in [6.07, 6.45) is 0. The van der Waals surface area contributed by atoms with E-state index in [-0.39, 0.29) is 5.56 Å². The quantitative estimate of drug-likeness (QED) is 0.803. The Hall–Kier alpha value is -2.21. The van der Waals surface area contributed by atoms with Crippen LogP contribution in [0.15, 0.2) is 40.9 Å². The van der Waals surface area contributed by atoms with E-state index in [4.69, 9.17) is 0 Å². The van der Waals surface area contributed by atoms with E-state index in [1.807, 2.05) is 13.0 Å². The molecule has 0 aliphatic heterocycles. The van der Waals surface area contributed by atoms with E-state index in [1.165, 1.54) is 18.2 Å². The fourth-order valence-corrected chi connectivity index (χ4v) is 2.35. The van der Waals surface area contributed by atoms with Crippen LogP contribution in [-0.4, -0.2) is 11.8 Å². The summed E-state index contributed by atoms with van der Waals surface area (Å²) >= 11 is 3.16. The van der Waals surface area contributed by atoms with Crippen molar-refractivity contribution in [2.75, 3.05) is 0 Å². The third-order valence-corrected chi connectivity index (χ3v) is 3.58. The number of hydrazine groups is 1. The topological polar surface area (TPSA) is 58.2 Å². The van der Waals surface area contributed by atoms with Gasteiger partial charge in [-0.25, -0.2) is 4.39 Å². The van der Waals surface area contributed by atoms with Gasteiger partial charge in [-0.2, -0.15) is 0 Å². The molecule has 0 radical (unpaired) electrons. The Labute approximate surface area is 135 Å². The van der Waals surface area contributed by atoms with Gasteiger partial charge in [-0.05, 0) is 43.7 Å². The highest BCUT2D eigenvalue weighted by molar-refractivity contribution is 9.10. The third kappa shape index (κ3) is 3.71. The maximum Gasteiger partial charge on any atom is 0.272 e. The normalized spacial score (nSPS) is 10.2. The lowest BCUT2D eigenvalue weighted by Crippen LogP contribution is -2.42. The van der Waals surface area contributed by atoms with E-state index in [0.29, 0.717) is 10.0 Å². The van der Waals surface area contributed by atoms with Crippen molar-refractivity contribution in [1.29, 1.82) is 0 Å². The summed E-state index contributed by atoms with van der Waals surface area (Å²) in [5.41, 5.74) is 6.61. The molecule has 2 amide bonds. The minimum absolute atomic E-state index is 0.157. The van der Waals surface area contributed by atoms with Gasteiger partial charge in [-0.3, -0.25) is 20.4 Å². The van der Waals surface area contributed by atoms with E-state index in [0.717, 1.165) is 11.1 Å². The highest BCUT2D eigenvalue weighted by atomic mass is 79.9. The smallest absolute Gasteiger partial charge is 0.267 e. The number of rotatable bonds is 2. The number of nitrogens with one attached hydrogen (secondary N) is 2. The predicted molar refractivity (Wildman–Crippen MR) is 84.9 cm³/mol. The first-order chi connectivity index (χ1) is 10.4. The number of benzene rings is 2. The molecule has 22 heavy (non-hydrogen) atoms. The zero-order valence-corrected chi connectivity index (χ0v) is 13.6. The zero-order chi connectivity index (χ0) is 16.3. The lowest BCUT2D eigenvalue weighted by atomic mass is 10.1. The predicted octanol–water partition coefficient (Wildman–Crippen LogP) is 3.28. The number of hydrogen-bond acceptors (Lipinski definition) is 2. The number of aryl methyl sites for hydroxylation is 2. The van der Waals surface area contributed by atoms with Crippen LogP contribution >= 0.6 is 15.9 Å². The van der Waals surface area contributed by atoms with Gasteiger partial charge < -0.3 is 0 Å². The molecule has 2 rings (SSSR count). The highest BCUT2D eigenvalue weighted by Gasteiger charge is 2.14. The van der Waals surface area contributed by atoms with Crippen LogP contribution in [0, 0.1) is 19.7 Å². The number of carbonyl (C=O) groups excluding carboxylic acids is 2. The van der Waals surface area contributed by atoms with E-state index in [1.54, 1.807) is 19.1 Å². The average molecular weight is 365 g/mol. The standard InChI is InChI=1S/C16H14BrFN2O2/c1-9-3-5-12(10(2)7-9)15(21)19-20-16(22)13-8-11(17)4-6-14(13)18/h3-8H,1-2H3,(H,19,21)(H,20,22). The number of hydrogen-bond donors (Lipinski definition) is 2. The maximum atomic E-state index is 13.6. The van der Waals surface area contributed by atoms with Crippen LogP contribution in [0.1, 0.15) is 31.8 Å². The molecule has 0 fully saturated rings. The second kappa shape index (κ2) is 6.70. The van der Waals surface area contributed by atoms with Crippen LogP contribution in [0.3, 0.4) is 0 Å². The van der Waals surface area contributed by atoms with Crippen molar-refractivity contribution in [3.63, 3.8) is 0 Å². The van der Waals surface area contributed by atoms with E-state index in [2.05, 4.69) is 26.8 Å². The van der Waals surface area contributed by atoms with E-state index >= 15 is 0 Å². The molecule has 4 nitrogen and oxygen atoms in total. The third-order valence-electron chi connectivity index (χ3n) is 3.09. The Morgan fingerprint density at radius 2 is 1.59 bits per heavy atom. The fourth-order valence-electron chi connectivity index (χ4n) is 1.99.